The van der Waals surface area contributed by atoms with Crippen LogP contribution in [-0.2, 0) is 10.1 Å². The number of halogens is 4. The molecule has 3 aromatic rings. The Labute approximate surface area is 226 Å². The molecule has 0 aliphatic rings. The Hall–Kier alpha value is -1.20. The van der Waals surface area contributed by atoms with Crippen molar-refractivity contribution in [2.24, 2.45) is 0 Å². The van der Waals surface area contributed by atoms with Crippen LogP contribution < -0.4 is 44.9 Å². The zero-order valence-electron chi connectivity index (χ0n) is 16.2. The second-order valence-corrected chi connectivity index (χ2v) is 9.01. The SMILES string of the molecule is O=C(Nc1cc(Cl)c(Oc2ccc(Cl)cc2)cc1S(=O)(=O)O)Nc1cccc(Cl)c1Cl.[Na+]. The molecule has 32 heavy (non-hydrogen) atoms. The second kappa shape index (κ2) is 11.3. The van der Waals surface area contributed by atoms with Crippen molar-refractivity contribution in [1.82, 2.24) is 0 Å². The van der Waals surface area contributed by atoms with Gasteiger partial charge in [-0.1, -0.05) is 52.5 Å². The van der Waals surface area contributed by atoms with E-state index in [0.717, 1.165) is 12.1 Å². The minimum Gasteiger partial charge on any atom is -0.456 e. The van der Waals surface area contributed by atoms with E-state index in [1.165, 1.54) is 12.1 Å². The fraction of sp³-hybridized carbons (Fsp3) is 0. The minimum absolute atomic E-state index is 0. The van der Waals surface area contributed by atoms with Gasteiger partial charge in [-0.05, 0) is 42.5 Å². The molecule has 0 atom stereocenters. The molecule has 0 radical (unpaired) electrons. The molecule has 162 valence electrons. The summed E-state index contributed by atoms with van der Waals surface area (Å²) in [6.07, 6.45) is 0. The van der Waals surface area contributed by atoms with E-state index in [-0.39, 0.29) is 61.7 Å². The summed E-state index contributed by atoms with van der Waals surface area (Å²) in [7, 11) is -4.75. The standard InChI is InChI=1S/C19H12Cl4N2O5S.Na/c20-10-4-6-11(7-5-10)30-16-9-17(31(27,28)29)15(8-13(16)22)25-19(26)24-14-3-1-2-12(21)18(14)23;/h1-9H,(H2,24,25,26)(H,27,28,29);/q;+1. The number of urea groups is 1. The number of hydrogen-bond acceptors (Lipinski definition) is 4. The Bertz CT molecular complexity index is 1260. The number of rotatable bonds is 5. The number of nitrogens with one attached hydrogen (secondary N) is 2. The van der Waals surface area contributed by atoms with E-state index < -0.39 is 21.0 Å². The molecule has 0 aliphatic heterocycles. The van der Waals surface area contributed by atoms with Crippen molar-refractivity contribution in [3.63, 3.8) is 0 Å². The van der Waals surface area contributed by atoms with Crippen LogP contribution in [0.3, 0.4) is 0 Å². The fourth-order valence-corrected chi connectivity index (χ4v) is 3.75. The van der Waals surface area contributed by atoms with Gasteiger partial charge in [-0.25, -0.2) is 4.79 Å². The van der Waals surface area contributed by atoms with E-state index in [4.69, 9.17) is 51.1 Å². The molecule has 0 aromatic heterocycles. The van der Waals surface area contributed by atoms with Crippen molar-refractivity contribution >= 4 is 73.9 Å². The van der Waals surface area contributed by atoms with Crippen molar-refractivity contribution in [1.29, 1.82) is 0 Å². The van der Waals surface area contributed by atoms with Crippen LogP contribution in [0.2, 0.25) is 20.1 Å². The quantitative estimate of drug-likeness (QED) is 0.333. The number of hydrogen-bond donors (Lipinski definition) is 3. The van der Waals surface area contributed by atoms with E-state index in [1.807, 2.05) is 0 Å². The average molecular weight is 545 g/mol. The maximum absolute atomic E-state index is 12.4. The predicted molar refractivity (Wildman–Crippen MR) is 122 cm³/mol. The second-order valence-electron chi connectivity index (χ2n) is 5.99. The van der Waals surface area contributed by atoms with Gasteiger partial charge in [0.15, 0.2) is 0 Å². The normalized spacial score (nSPS) is 10.8. The molecule has 0 spiro atoms. The van der Waals surface area contributed by atoms with Gasteiger partial charge in [-0.3, -0.25) is 4.55 Å². The van der Waals surface area contributed by atoms with Gasteiger partial charge in [0, 0.05) is 11.1 Å². The van der Waals surface area contributed by atoms with Crippen LogP contribution in [0, 0.1) is 0 Å². The number of carbonyl (C=O) groups excluding carboxylic acids is 1. The Kier molecular flexibility index (Phi) is 9.54. The maximum Gasteiger partial charge on any atom is 1.00 e. The van der Waals surface area contributed by atoms with Crippen molar-refractivity contribution in [3.05, 3.63) is 74.7 Å². The smallest absolute Gasteiger partial charge is 0.456 e. The van der Waals surface area contributed by atoms with Crippen LogP contribution in [-0.4, -0.2) is 19.0 Å². The third-order valence-electron chi connectivity index (χ3n) is 3.80. The van der Waals surface area contributed by atoms with Crippen LogP contribution in [0.1, 0.15) is 0 Å². The molecule has 0 bridgehead atoms. The van der Waals surface area contributed by atoms with Gasteiger partial charge in [0.1, 0.15) is 16.4 Å². The molecule has 3 N–H and O–H groups in total. The molecule has 0 unspecified atom stereocenters. The van der Waals surface area contributed by atoms with E-state index >= 15 is 0 Å². The summed E-state index contributed by atoms with van der Waals surface area (Å²) < 4.78 is 38.9. The molecule has 2 amide bonds. The van der Waals surface area contributed by atoms with Gasteiger partial charge in [0.25, 0.3) is 10.1 Å². The topological polar surface area (TPSA) is 105 Å². The summed E-state index contributed by atoms with van der Waals surface area (Å²) in [5.41, 5.74) is -0.0968. The number of ether oxygens (including phenoxy) is 1. The molecule has 0 saturated heterocycles. The molecule has 3 aromatic carbocycles. The van der Waals surface area contributed by atoms with Crippen LogP contribution in [0.15, 0.2) is 59.5 Å². The van der Waals surface area contributed by atoms with Crippen LogP contribution in [0.4, 0.5) is 16.2 Å². The number of anilines is 2. The minimum atomic E-state index is -4.75. The van der Waals surface area contributed by atoms with Gasteiger partial charge in [0.2, 0.25) is 0 Å². The first-order valence-corrected chi connectivity index (χ1v) is 11.3. The summed E-state index contributed by atoms with van der Waals surface area (Å²) in [6, 6.07) is 12.1. The first kappa shape index (κ1) is 27.0. The molecule has 0 heterocycles. The van der Waals surface area contributed by atoms with Crippen LogP contribution >= 0.6 is 46.4 Å². The summed E-state index contributed by atoms with van der Waals surface area (Å²) in [6.45, 7) is 0. The Balaban J connectivity index is 0.00000363. The van der Waals surface area contributed by atoms with E-state index in [0.29, 0.717) is 10.8 Å². The fourth-order valence-electron chi connectivity index (χ4n) is 2.43. The first-order valence-electron chi connectivity index (χ1n) is 8.31. The van der Waals surface area contributed by atoms with Crippen LogP contribution in [0.25, 0.3) is 0 Å². The number of carbonyl (C=O) groups is 1. The van der Waals surface area contributed by atoms with Crippen molar-refractivity contribution < 1.29 is 52.1 Å². The summed E-state index contributed by atoms with van der Waals surface area (Å²) in [5, 5.41) is 5.49. The number of benzene rings is 3. The molecule has 7 nitrogen and oxygen atoms in total. The monoisotopic (exact) mass is 543 g/mol. The van der Waals surface area contributed by atoms with Gasteiger partial charge < -0.3 is 15.4 Å². The molecule has 0 saturated carbocycles. The zero-order valence-corrected chi connectivity index (χ0v) is 22.0. The van der Waals surface area contributed by atoms with E-state index in [1.54, 1.807) is 30.3 Å². The van der Waals surface area contributed by atoms with Gasteiger partial charge >= 0.3 is 35.6 Å². The third-order valence-corrected chi connectivity index (χ3v) is 6.06. The first-order chi connectivity index (χ1) is 14.5. The molecular formula is C19H12Cl4N2NaO5S+. The van der Waals surface area contributed by atoms with Gasteiger partial charge in [0.05, 0.1) is 26.4 Å². The summed E-state index contributed by atoms with van der Waals surface area (Å²) in [5.74, 6) is 0.252. The molecule has 0 fully saturated rings. The molecule has 13 heteroatoms. The Morgan fingerprint density at radius 2 is 1.50 bits per heavy atom. The Morgan fingerprint density at radius 3 is 2.12 bits per heavy atom. The van der Waals surface area contributed by atoms with E-state index in [9.17, 15) is 17.8 Å². The van der Waals surface area contributed by atoms with E-state index in [2.05, 4.69) is 10.6 Å². The van der Waals surface area contributed by atoms with Crippen LogP contribution in [0.5, 0.6) is 11.5 Å². The largest absolute Gasteiger partial charge is 1.00 e. The molecular weight excluding hydrogens is 533 g/mol. The van der Waals surface area contributed by atoms with Crippen molar-refractivity contribution in [2.45, 2.75) is 4.90 Å². The average Bonchev–Trinajstić information content (AvgIpc) is 2.68. The van der Waals surface area contributed by atoms with Crippen molar-refractivity contribution in [3.8, 4) is 11.5 Å². The summed E-state index contributed by atoms with van der Waals surface area (Å²) in [4.78, 5) is 11.7. The summed E-state index contributed by atoms with van der Waals surface area (Å²) >= 11 is 23.9. The number of amides is 2. The van der Waals surface area contributed by atoms with Gasteiger partial charge in [-0.2, -0.15) is 8.42 Å². The molecule has 0 aliphatic carbocycles. The molecule has 3 rings (SSSR count). The predicted octanol–water partition coefficient (Wildman–Crippen LogP) is 3.99. The third kappa shape index (κ3) is 6.90. The zero-order chi connectivity index (χ0) is 22.8. The Morgan fingerprint density at radius 1 is 0.875 bits per heavy atom. The maximum atomic E-state index is 12.4. The van der Waals surface area contributed by atoms with Gasteiger partial charge in [-0.15, -0.1) is 0 Å². The van der Waals surface area contributed by atoms with Crippen molar-refractivity contribution in [2.75, 3.05) is 10.6 Å².